The average molecular weight is 459 g/mol. The van der Waals surface area contributed by atoms with Crippen LogP contribution in [0.3, 0.4) is 0 Å². The van der Waals surface area contributed by atoms with Gasteiger partial charge in [-0.25, -0.2) is 9.67 Å². The van der Waals surface area contributed by atoms with E-state index in [9.17, 15) is 4.79 Å². The lowest BCUT2D eigenvalue weighted by molar-refractivity contribution is 0.0910. The number of morpholine rings is 1. The largest absolute Gasteiger partial charge is 0.445 e. The lowest BCUT2D eigenvalue weighted by atomic mass is 10.1. The molecule has 174 valence electrons. The van der Waals surface area contributed by atoms with Crippen molar-refractivity contribution in [3.8, 4) is 17.1 Å². The molecule has 4 heterocycles. The fraction of sp³-hybridized carbons (Fsp3) is 0.360. The van der Waals surface area contributed by atoms with E-state index >= 15 is 0 Å². The monoisotopic (exact) mass is 458 g/mol. The Morgan fingerprint density at radius 3 is 2.68 bits per heavy atom. The Balaban J connectivity index is 1.39. The summed E-state index contributed by atoms with van der Waals surface area (Å²) < 4.78 is 13.2. The lowest BCUT2D eigenvalue weighted by Crippen LogP contribution is -2.37. The summed E-state index contributed by atoms with van der Waals surface area (Å²) >= 11 is 0. The molecule has 0 bridgehead atoms. The molecule has 1 amide bonds. The first-order valence-electron chi connectivity index (χ1n) is 11.7. The highest BCUT2D eigenvalue weighted by Crippen LogP contribution is 2.33. The molecule has 34 heavy (non-hydrogen) atoms. The summed E-state index contributed by atoms with van der Waals surface area (Å²) in [6.45, 7) is 4.61. The first-order valence-corrected chi connectivity index (χ1v) is 11.7. The van der Waals surface area contributed by atoms with Crippen molar-refractivity contribution in [2.24, 2.45) is 5.92 Å². The number of furan rings is 1. The van der Waals surface area contributed by atoms with E-state index < -0.39 is 0 Å². The van der Waals surface area contributed by atoms with E-state index in [1.165, 1.54) is 0 Å². The molecule has 9 heteroatoms. The molecule has 2 fully saturated rings. The maximum atomic E-state index is 12.9. The highest BCUT2D eigenvalue weighted by Gasteiger charge is 2.30. The number of hydrogen-bond acceptors (Lipinski definition) is 7. The topological polar surface area (TPSA) is 98.3 Å². The van der Waals surface area contributed by atoms with Crippen LogP contribution in [-0.4, -0.2) is 58.0 Å². The van der Waals surface area contributed by atoms with Gasteiger partial charge in [-0.15, -0.1) is 0 Å². The lowest BCUT2D eigenvalue weighted by Gasteiger charge is -2.27. The van der Waals surface area contributed by atoms with Gasteiger partial charge >= 0.3 is 0 Å². The zero-order valence-corrected chi connectivity index (χ0v) is 19.0. The van der Waals surface area contributed by atoms with Crippen molar-refractivity contribution >= 4 is 22.8 Å². The number of benzene rings is 1. The Kier molecular flexibility index (Phi) is 5.26. The summed E-state index contributed by atoms with van der Waals surface area (Å²) in [5.74, 6) is 1.65. The van der Waals surface area contributed by atoms with Crippen molar-refractivity contribution in [1.29, 1.82) is 0 Å². The van der Waals surface area contributed by atoms with Crippen LogP contribution in [0.25, 0.3) is 28.2 Å². The number of nitrogens with zero attached hydrogens (tertiary/aromatic N) is 5. The number of carbonyl (C=O) groups excluding carboxylic acids is 1. The first kappa shape index (κ1) is 20.9. The molecule has 3 aromatic heterocycles. The zero-order valence-electron chi connectivity index (χ0n) is 19.0. The number of nitrogens with one attached hydrogen (secondary N) is 1. The average Bonchev–Trinajstić information content (AvgIpc) is 3.45. The fourth-order valence-electron chi connectivity index (χ4n) is 4.31. The molecule has 1 atom stereocenters. The van der Waals surface area contributed by atoms with Crippen LogP contribution in [0.1, 0.15) is 30.3 Å². The molecule has 4 aromatic rings. The molecular weight excluding hydrogens is 432 g/mol. The molecule has 1 unspecified atom stereocenters. The van der Waals surface area contributed by atoms with Crippen molar-refractivity contribution in [2.75, 3.05) is 31.2 Å². The summed E-state index contributed by atoms with van der Waals surface area (Å²) in [5.41, 5.74) is 3.12. The van der Waals surface area contributed by atoms with E-state index in [1.807, 2.05) is 43.5 Å². The number of hydrogen-bond donors (Lipinski definition) is 1. The van der Waals surface area contributed by atoms with E-state index in [4.69, 9.17) is 19.1 Å². The van der Waals surface area contributed by atoms with E-state index in [0.29, 0.717) is 55.1 Å². The number of anilines is 1. The molecule has 0 spiro atoms. The summed E-state index contributed by atoms with van der Waals surface area (Å²) in [4.78, 5) is 24.5. The van der Waals surface area contributed by atoms with Gasteiger partial charge in [0.1, 0.15) is 5.52 Å². The normalized spacial score (nSPS) is 17.1. The highest BCUT2D eigenvalue weighted by molar-refractivity contribution is 5.97. The number of aromatic nitrogens is 4. The molecule has 1 saturated heterocycles. The SMILES string of the molecule is CC(NC(=O)c1cc2nc(-n3cc(-c4ccccc4)cn3)nc(N3CCOCC3)c2o1)C1CC1. The fourth-order valence-corrected chi connectivity index (χ4v) is 4.31. The Morgan fingerprint density at radius 1 is 1.12 bits per heavy atom. The van der Waals surface area contributed by atoms with Gasteiger partial charge in [-0.3, -0.25) is 4.79 Å². The first-order chi connectivity index (χ1) is 16.7. The summed E-state index contributed by atoms with van der Waals surface area (Å²) in [6, 6.07) is 11.9. The van der Waals surface area contributed by atoms with Crippen molar-refractivity contribution < 1.29 is 13.9 Å². The molecule has 6 rings (SSSR count). The van der Waals surface area contributed by atoms with Gasteiger partial charge in [-0.05, 0) is 31.2 Å². The van der Waals surface area contributed by atoms with Gasteiger partial charge < -0.3 is 19.4 Å². The van der Waals surface area contributed by atoms with Gasteiger partial charge in [-0.2, -0.15) is 10.1 Å². The summed E-state index contributed by atoms with van der Waals surface area (Å²) in [6.07, 6.45) is 6.02. The second-order valence-electron chi connectivity index (χ2n) is 8.91. The molecule has 1 aromatic carbocycles. The molecular formula is C25H26N6O3. The smallest absolute Gasteiger partial charge is 0.287 e. The molecule has 1 aliphatic heterocycles. The minimum atomic E-state index is -0.225. The van der Waals surface area contributed by atoms with Crippen LogP contribution >= 0.6 is 0 Å². The Morgan fingerprint density at radius 2 is 1.91 bits per heavy atom. The third-order valence-electron chi connectivity index (χ3n) is 6.46. The van der Waals surface area contributed by atoms with E-state index in [1.54, 1.807) is 16.9 Å². The van der Waals surface area contributed by atoms with E-state index in [2.05, 4.69) is 15.3 Å². The minimum Gasteiger partial charge on any atom is -0.445 e. The van der Waals surface area contributed by atoms with Crippen LogP contribution in [0.15, 0.2) is 53.2 Å². The quantitative estimate of drug-likeness (QED) is 0.473. The second-order valence-corrected chi connectivity index (χ2v) is 8.91. The summed E-state index contributed by atoms with van der Waals surface area (Å²) in [7, 11) is 0. The summed E-state index contributed by atoms with van der Waals surface area (Å²) in [5, 5.41) is 7.56. The van der Waals surface area contributed by atoms with Crippen molar-refractivity contribution in [2.45, 2.75) is 25.8 Å². The van der Waals surface area contributed by atoms with E-state index in [-0.39, 0.29) is 17.7 Å². The Bertz CT molecular complexity index is 1320. The van der Waals surface area contributed by atoms with Crippen LogP contribution in [0, 0.1) is 5.92 Å². The van der Waals surface area contributed by atoms with Crippen molar-refractivity contribution in [1.82, 2.24) is 25.1 Å². The van der Waals surface area contributed by atoms with Crippen LogP contribution in [0.4, 0.5) is 5.82 Å². The van der Waals surface area contributed by atoms with Gasteiger partial charge in [0, 0.05) is 37.0 Å². The van der Waals surface area contributed by atoms with E-state index in [0.717, 1.165) is 24.0 Å². The third-order valence-corrected chi connectivity index (χ3v) is 6.46. The number of ether oxygens (including phenoxy) is 1. The maximum absolute atomic E-state index is 12.9. The van der Waals surface area contributed by atoms with Gasteiger partial charge in [-0.1, -0.05) is 30.3 Å². The Hall–Kier alpha value is -3.72. The minimum absolute atomic E-state index is 0.126. The number of amides is 1. The zero-order chi connectivity index (χ0) is 23.1. The maximum Gasteiger partial charge on any atom is 0.287 e. The number of carbonyl (C=O) groups is 1. The molecule has 1 saturated carbocycles. The van der Waals surface area contributed by atoms with Crippen LogP contribution < -0.4 is 10.2 Å². The predicted octanol–water partition coefficient (Wildman–Crippen LogP) is 3.44. The number of rotatable bonds is 6. The molecule has 1 aliphatic carbocycles. The van der Waals surface area contributed by atoms with Crippen molar-refractivity contribution in [3.63, 3.8) is 0 Å². The molecule has 2 aliphatic rings. The molecule has 9 nitrogen and oxygen atoms in total. The van der Waals surface area contributed by atoms with Gasteiger partial charge in [0.25, 0.3) is 11.9 Å². The van der Waals surface area contributed by atoms with Crippen molar-refractivity contribution in [3.05, 3.63) is 54.6 Å². The third kappa shape index (κ3) is 4.03. The molecule has 0 radical (unpaired) electrons. The molecule has 1 N–H and O–H groups in total. The van der Waals surface area contributed by atoms with Gasteiger partial charge in [0.15, 0.2) is 17.2 Å². The van der Waals surface area contributed by atoms with Gasteiger partial charge in [0.2, 0.25) is 0 Å². The van der Waals surface area contributed by atoms with Gasteiger partial charge in [0.05, 0.1) is 19.4 Å². The van der Waals surface area contributed by atoms with Crippen LogP contribution in [0.5, 0.6) is 0 Å². The second kappa shape index (κ2) is 8.57. The Labute approximate surface area is 196 Å². The number of fused-ring (bicyclic) bond motifs is 1. The van der Waals surface area contributed by atoms with Crippen LogP contribution in [-0.2, 0) is 4.74 Å². The standard InChI is InChI=1S/C25H26N6O3/c1-16(17-7-8-17)27-24(32)21-13-20-22(34-21)23(30-9-11-33-12-10-30)29-25(28-20)31-15-19(14-26-31)18-5-3-2-4-6-18/h2-6,13-17H,7-12H2,1H3,(H,27,32). The highest BCUT2D eigenvalue weighted by atomic mass is 16.5. The van der Waals surface area contributed by atoms with Crippen LogP contribution in [0.2, 0.25) is 0 Å². The predicted molar refractivity (Wildman–Crippen MR) is 127 cm³/mol.